The van der Waals surface area contributed by atoms with Crippen molar-refractivity contribution in [3.63, 3.8) is 0 Å². The summed E-state index contributed by atoms with van der Waals surface area (Å²) in [6.45, 7) is 9.40. The summed E-state index contributed by atoms with van der Waals surface area (Å²) in [5, 5.41) is 8.84. The summed E-state index contributed by atoms with van der Waals surface area (Å²) < 4.78 is 2.01. The fraction of sp³-hybridized carbons (Fsp3) is 0.571. The first-order valence-electron chi connectivity index (χ1n) is 10.1. The molecule has 6 nitrogen and oxygen atoms in total. The van der Waals surface area contributed by atoms with E-state index in [0.717, 1.165) is 67.2 Å². The molecule has 0 atom stereocenters. The molecule has 3 heterocycles. The smallest absolute Gasteiger partial charge is 0.254 e. The van der Waals surface area contributed by atoms with Crippen LogP contribution >= 0.6 is 0 Å². The van der Waals surface area contributed by atoms with E-state index in [1.165, 1.54) is 19.3 Å². The summed E-state index contributed by atoms with van der Waals surface area (Å²) in [5.41, 5.74) is 5.19. The molecule has 0 N–H and O–H groups in total. The third-order valence-corrected chi connectivity index (χ3v) is 5.63. The van der Waals surface area contributed by atoms with E-state index in [9.17, 15) is 4.79 Å². The summed E-state index contributed by atoms with van der Waals surface area (Å²) in [6.07, 6.45) is 4.77. The second kappa shape index (κ2) is 7.80. The molecule has 0 saturated carbocycles. The lowest BCUT2D eigenvalue weighted by atomic mass is 10.1. The molecular weight excluding hydrogens is 338 g/mol. The lowest BCUT2D eigenvalue weighted by molar-refractivity contribution is 0.0744. The first-order chi connectivity index (χ1) is 13.1. The number of hydrogen-bond acceptors (Lipinski definition) is 4. The number of nitrogens with zero attached hydrogens (tertiary/aromatic N) is 5. The van der Waals surface area contributed by atoms with E-state index in [-0.39, 0.29) is 5.91 Å². The monoisotopic (exact) mass is 367 g/mol. The van der Waals surface area contributed by atoms with Crippen LogP contribution in [0.25, 0.3) is 0 Å². The third-order valence-electron chi connectivity index (χ3n) is 5.63. The van der Waals surface area contributed by atoms with Crippen molar-refractivity contribution in [2.24, 2.45) is 0 Å². The van der Waals surface area contributed by atoms with E-state index in [4.69, 9.17) is 0 Å². The summed E-state index contributed by atoms with van der Waals surface area (Å²) >= 11 is 0. The zero-order valence-electron chi connectivity index (χ0n) is 16.4. The number of amides is 1. The van der Waals surface area contributed by atoms with Gasteiger partial charge in [-0.3, -0.25) is 9.69 Å². The van der Waals surface area contributed by atoms with Gasteiger partial charge in [0, 0.05) is 25.2 Å². The fourth-order valence-electron chi connectivity index (χ4n) is 4.30. The molecule has 0 aliphatic carbocycles. The predicted octanol–water partition coefficient (Wildman–Crippen LogP) is 2.93. The van der Waals surface area contributed by atoms with E-state index >= 15 is 0 Å². The van der Waals surface area contributed by atoms with Crippen molar-refractivity contribution in [1.29, 1.82) is 0 Å². The normalized spacial score (nSPS) is 18.2. The van der Waals surface area contributed by atoms with Crippen molar-refractivity contribution in [2.45, 2.75) is 59.2 Å². The van der Waals surface area contributed by atoms with Gasteiger partial charge in [0.05, 0.1) is 12.2 Å². The van der Waals surface area contributed by atoms with Crippen LogP contribution in [-0.4, -0.2) is 50.3 Å². The summed E-state index contributed by atoms with van der Waals surface area (Å²) in [6, 6.07) is 6.09. The standard InChI is InChI=1S/C21H29N5O/c1-16-11-17(2)13-18(12-16)21(27)25-9-6-10-26-20(15-25)19(22-23-26)14-24-7-4-3-5-8-24/h11-13H,3-10,14-15H2,1-2H3. The Hall–Kier alpha value is -2.21. The van der Waals surface area contributed by atoms with Gasteiger partial charge >= 0.3 is 0 Å². The van der Waals surface area contributed by atoms with Crippen molar-refractivity contribution in [3.8, 4) is 0 Å². The molecule has 0 spiro atoms. The number of hydrogen-bond donors (Lipinski definition) is 0. The van der Waals surface area contributed by atoms with Crippen LogP contribution < -0.4 is 0 Å². The van der Waals surface area contributed by atoms with E-state index < -0.39 is 0 Å². The molecule has 1 fully saturated rings. The van der Waals surface area contributed by atoms with Crippen LogP contribution in [0, 0.1) is 13.8 Å². The predicted molar refractivity (Wildman–Crippen MR) is 104 cm³/mol. The second-order valence-electron chi connectivity index (χ2n) is 8.00. The Balaban J connectivity index is 1.54. The van der Waals surface area contributed by atoms with Gasteiger partial charge in [0.2, 0.25) is 0 Å². The molecule has 0 bridgehead atoms. The average Bonchev–Trinajstić information content (AvgIpc) is 2.89. The van der Waals surface area contributed by atoms with Gasteiger partial charge in [0.15, 0.2) is 0 Å². The molecule has 4 rings (SSSR count). The molecule has 1 saturated heterocycles. The van der Waals surface area contributed by atoms with Crippen LogP contribution in [0.4, 0.5) is 0 Å². The number of benzene rings is 1. The maximum Gasteiger partial charge on any atom is 0.254 e. The number of carbonyl (C=O) groups is 1. The van der Waals surface area contributed by atoms with Gasteiger partial charge in [-0.15, -0.1) is 5.10 Å². The van der Waals surface area contributed by atoms with Crippen LogP contribution in [0.1, 0.15) is 58.6 Å². The molecule has 1 amide bonds. The van der Waals surface area contributed by atoms with Crippen LogP contribution in [0.3, 0.4) is 0 Å². The van der Waals surface area contributed by atoms with Crippen LogP contribution in [-0.2, 0) is 19.6 Å². The Morgan fingerprint density at radius 3 is 2.44 bits per heavy atom. The maximum absolute atomic E-state index is 13.2. The lowest BCUT2D eigenvalue weighted by Gasteiger charge is -2.26. The Kier molecular flexibility index (Phi) is 5.25. The number of aromatic nitrogens is 3. The minimum atomic E-state index is 0.111. The van der Waals surface area contributed by atoms with Crippen molar-refractivity contribution in [3.05, 3.63) is 46.3 Å². The van der Waals surface area contributed by atoms with Crippen molar-refractivity contribution < 1.29 is 4.79 Å². The van der Waals surface area contributed by atoms with Gasteiger partial charge in [0.1, 0.15) is 5.69 Å². The molecule has 27 heavy (non-hydrogen) atoms. The number of rotatable bonds is 3. The number of carbonyl (C=O) groups excluding carboxylic acids is 1. The third kappa shape index (κ3) is 4.05. The fourth-order valence-corrected chi connectivity index (χ4v) is 4.30. The molecule has 1 aromatic heterocycles. The Labute approximate surface area is 161 Å². The first kappa shape index (κ1) is 18.2. The van der Waals surface area contributed by atoms with E-state index in [1.807, 2.05) is 35.6 Å². The highest BCUT2D eigenvalue weighted by atomic mass is 16.2. The highest BCUT2D eigenvalue weighted by molar-refractivity contribution is 5.94. The van der Waals surface area contributed by atoms with Gasteiger partial charge in [-0.25, -0.2) is 4.68 Å². The number of fused-ring (bicyclic) bond motifs is 1. The van der Waals surface area contributed by atoms with Gasteiger partial charge in [-0.2, -0.15) is 0 Å². The molecule has 6 heteroatoms. The maximum atomic E-state index is 13.2. The topological polar surface area (TPSA) is 54.3 Å². The molecule has 0 radical (unpaired) electrons. The van der Waals surface area contributed by atoms with E-state index in [1.54, 1.807) is 0 Å². The van der Waals surface area contributed by atoms with Crippen molar-refractivity contribution >= 4 is 5.91 Å². The second-order valence-corrected chi connectivity index (χ2v) is 8.00. The Morgan fingerprint density at radius 2 is 1.70 bits per heavy atom. The van der Waals surface area contributed by atoms with Crippen molar-refractivity contribution in [1.82, 2.24) is 24.8 Å². The molecule has 2 aliphatic rings. The van der Waals surface area contributed by atoms with E-state index in [0.29, 0.717) is 6.54 Å². The minimum absolute atomic E-state index is 0.111. The largest absolute Gasteiger partial charge is 0.333 e. The van der Waals surface area contributed by atoms with Crippen molar-refractivity contribution in [2.75, 3.05) is 19.6 Å². The minimum Gasteiger partial charge on any atom is -0.333 e. The van der Waals surface area contributed by atoms with Crippen LogP contribution in [0.5, 0.6) is 0 Å². The molecule has 2 aliphatic heterocycles. The van der Waals surface area contributed by atoms with E-state index in [2.05, 4.69) is 21.3 Å². The summed E-state index contributed by atoms with van der Waals surface area (Å²) in [5.74, 6) is 0.111. The van der Waals surface area contributed by atoms with Crippen LogP contribution in [0.2, 0.25) is 0 Å². The highest BCUT2D eigenvalue weighted by Crippen LogP contribution is 2.20. The number of piperidine rings is 1. The zero-order valence-corrected chi connectivity index (χ0v) is 16.4. The number of likely N-dealkylation sites (tertiary alicyclic amines) is 1. The van der Waals surface area contributed by atoms with Gasteiger partial charge in [-0.05, 0) is 58.3 Å². The summed E-state index contributed by atoms with van der Waals surface area (Å²) in [7, 11) is 0. The molecule has 2 aromatic rings. The Morgan fingerprint density at radius 1 is 0.963 bits per heavy atom. The Bertz CT molecular complexity index is 802. The molecular formula is C21H29N5O. The van der Waals surface area contributed by atoms with Crippen LogP contribution in [0.15, 0.2) is 18.2 Å². The summed E-state index contributed by atoms with van der Waals surface area (Å²) in [4.78, 5) is 17.6. The lowest BCUT2D eigenvalue weighted by Crippen LogP contribution is -2.32. The zero-order chi connectivity index (χ0) is 18.8. The van der Waals surface area contributed by atoms with Gasteiger partial charge in [-0.1, -0.05) is 28.8 Å². The number of aryl methyl sites for hydroxylation is 3. The van der Waals surface area contributed by atoms with Gasteiger partial charge in [0.25, 0.3) is 5.91 Å². The highest BCUT2D eigenvalue weighted by Gasteiger charge is 2.25. The SMILES string of the molecule is Cc1cc(C)cc(C(=O)N2CCCn3nnc(CN4CCCCC4)c3C2)c1. The average molecular weight is 367 g/mol. The molecule has 144 valence electrons. The molecule has 0 unspecified atom stereocenters. The quantitative estimate of drug-likeness (QED) is 0.837. The molecule has 1 aromatic carbocycles. The van der Waals surface area contributed by atoms with Gasteiger partial charge < -0.3 is 4.90 Å². The first-order valence-corrected chi connectivity index (χ1v) is 10.1.